The maximum atomic E-state index is 12.1. The number of alkyl halides is 2. The summed E-state index contributed by atoms with van der Waals surface area (Å²) in [4.78, 5) is 0. The van der Waals surface area contributed by atoms with Gasteiger partial charge < -0.3 is 5.73 Å². The van der Waals surface area contributed by atoms with Gasteiger partial charge in [-0.05, 0) is 6.42 Å². The minimum atomic E-state index is -2.40. The Morgan fingerprint density at radius 1 is 1.50 bits per heavy atom. The number of hydrogen-bond acceptors (Lipinski definition) is 1. The van der Waals surface area contributed by atoms with Gasteiger partial charge in [0.25, 0.3) is 5.92 Å². The van der Waals surface area contributed by atoms with Crippen LogP contribution in [0.3, 0.4) is 0 Å². The van der Waals surface area contributed by atoms with Crippen LogP contribution in [0.2, 0.25) is 0 Å². The third kappa shape index (κ3) is 0.284. The highest BCUT2D eigenvalue weighted by atomic mass is 19.3. The van der Waals surface area contributed by atoms with Gasteiger partial charge in [0.15, 0.2) is 0 Å². The molecular formula is C5H7F2N. The molecule has 2 N–H and O–H groups in total. The Balaban J connectivity index is 2.17. The van der Waals surface area contributed by atoms with Crippen LogP contribution in [-0.4, -0.2) is 12.0 Å². The summed E-state index contributed by atoms with van der Waals surface area (Å²) in [6, 6.07) is -0.197. The molecule has 2 saturated carbocycles. The summed E-state index contributed by atoms with van der Waals surface area (Å²) in [6.45, 7) is 0. The third-order valence-corrected chi connectivity index (χ3v) is 2.27. The van der Waals surface area contributed by atoms with E-state index in [1.807, 2.05) is 0 Å². The Morgan fingerprint density at radius 3 is 1.88 bits per heavy atom. The van der Waals surface area contributed by atoms with E-state index in [0.29, 0.717) is 6.42 Å². The fourth-order valence-corrected chi connectivity index (χ4v) is 1.31. The third-order valence-electron chi connectivity index (χ3n) is 2.27. The molecule has 0 aromatic carbocycles. The largest absolute Gasteiger partial charge is 0.327 e. The number of halogens is 2. The first-order valence-electron chi connectivity index (χ1n) is 2.72. The highest BCUT2D eigenvalue weighted by Crippen LogP contribution is 2.74. The van der Waals surface area contributed by atoms with E-state index in [0.717, 1.165) is 0 Å². The van der Waals surface area contributed by atoms with Crippen LogP contribution in [0.4, 0.5) is 8.78 Å². The molecule has 0 aromatic heterocycles. The second-order valence-corrected chi connectivity index (χ2v) is 2.85. The average molecular weight is 119 g/mol. The van der Waals surface area contributed by atoms with Crippen molar-refractivity contribution in [3.8, 4) is 0 Å². The normalized spacial score (nSPS) is 56.6. The van der Waals surface area contributed by atoms with Crippen molar-refractivity contribution in [2.24, 2.45) is 11.1 Å². The molecule has 0 heterocycles. The van der Waals surface area contributed by atoms with E-state index in [1.165, 1.54) is 0 Å². The molecule has 46 valence electrons. The van der Waals surface area contributed by atoms with Crippen molar-refractivity contribution < 1.29 is 8.78 Å². The first-order valence-corrected chi connectivity index (χ1v) is 2.72. The quantitative estimate of drug-likeness (QED) is 0.500. The molecule has 0 bridgehead atoms. The van der Waals surface area contributed by atoms with Crippen molar-refractivity contribution in [1.29, 1.82) is 0 Å². The summed E-state index contributed by atoms with van der Waals surface area (Å²) in [5.41, 5.74) is 4.56. The molecular weight excluding hydrogens is 112 g/mol. The highest BCUT2D eigenvalue weighted by Gasteiger charge is 2.82. The molecule has 0 aliphatic heterocycles. The predicted molar refractivity (Wildman–Crippen MR) is 24.6 cm³/mol. The van der Waals surface area contributed by atoms with Crippen LogP contribution < -0.4 is 5.73 Å². The number of rotatable bonds is 0. The Hall–Kier alpha value is -0.180. The van der Waals surface area contributed by atoms with E-state index in [9.17, 15) is 8.78 Å². The maximum Gasteiger partial charge on any atom is 0.256 e. The molecule has 2 rings (SSSR count). The van der Waals surface area contributed by atoms with Crippen LogP contribution in [0.5, 0.6) is 0 Å². The van der Waals surface area contributed by atoms with E-state index < -0.39 is 11.3 Å². The summed E-state index contributed by atoms with van der Waals surface area (Å²) >= 11 is 0. The van der Waals surface area contributed by atoms with Gasteiger partial charge in [-0.3, -0.25) is 0 Å². The van der Waals surface area contributed by atoms with E-state index in [2.05, 4.69) is 0 Å². The Bertz CT molecular complexity index is 145. The summed E-state index contributed by atoms with van der Waals surface area (Å²) in [6.07, 6.45) is 0.584. The van der Waals surface area contributed by atoms with Gasteiger partial charge in [-0.1, -0.05) is 0 Å². The van der Waals surface area contributed by atoms with E-state index in [-0.39, 0.29) is 12.5 Å². The Morgan fingerprint density at radius 2 is 1.88 bits per heavy atom. The summed E-state index contributed by atoms with van der Waals surface area (Å²) in [7, 11) is 0. The summed E-state index contributed by atoms with van der Waals surface area (Å²) in [5.74, 6) is -2.40. The Kier molecular flexibility index (Phi) is 0.477. The zero-order valence-corrected chi connectivity index (χ0v) is 4.32. The monoisotopic (exact) mass is 119 g/mol. The summed E-state index contributed by atoms with van der Waals surface area (Å²) < 4.78 is 24.3. The molecule has 0 aromatic rings. The predicted octanol–water partition coefficient (Wildman–Crippen LogP) is 0.743. The fourth-order valence-electron chi connectivity index (χ4n) is 1.31. The second-order valence-electron chi connectivity index (χ2n) is 2.85. The smallest absolute Gasteiger partial charge is 0.256 e. The van der Waals surface area contributed by atoms with Crippen LogP contribution in [0.15, 0.2) is 0 Å². The minimum Gasteiger partial charge on any atom is -0.327 e. The van der Waals surface area contributed by atoms with Gasteiger partial charge >= 0.3 is 0 Å². The molecule has 3 heteroatoms. The van der Waals surface area contributed by atoms with E-state index in [1.54, 1.807) is 0 Å². The van der Waals surface area contributed by atoms with Gasteiger partial charge in [-0.2, -0.15) is 0 Å². The van der Waals surface area contributed by atoms with Crippen molar-refractivity contribution in [2.75, 3.05) is 0 Å². The standard InChI is InChI=1S/C5H7F2N/c6-5(7)2-4(5)1-3(4)8/h3H,1-2,8H2/t3?,4-/m1/s1. The van der Waals surface area contributed by atoms with Gasteiger partial charge in [-0.25, -0.2) is 8.78 Å². The van der Waals surface area contributed by atoms with Crippen LogP contribution in [-0.2, 0) is 0 Å². The molecule has 0 radical (unpaired) electrons. The molecule has 2 fully saturated rings. The van der Waals surface area contributed by atoms with Crippen molar-refractivity contribution >= 4 is 0 Å². The maximum absolute atomic E-state index is 12.1. The average Bonchev–Trinajstić information content (AvgIpc) is 2.24. The topological polar surface area (TPSA) is 26.0 Å². The van der Waals surface area contributed by atoms with Gasteiger partial charge in [0.1, 0.15) is 0 Å². The van der Waals surface area contributed by atoms with Crippen LogP contribution in [0, 0.1) is 5.41 Å². The lowest BCUT2D eigenvalue weighted by atomic mass is 10.4. The number of nitrogens with two attached hydrogens (primary N) is 1. The lowest BCUT2D eigenvalue weighted by molar-refractivity contribution is 0.0920. The molecule has 2 aliphatic carbocycles. The van der Waals surface area contributed by atoms with Gasteiger partial charge in [0.2, 0.25) is 0 Å². The van der Waals surface area contributed by atoms with Crippen LogP contribution in [0.25, 0.3) is 0 Å². The first kappa shape index (κ1) is 4.68. The zero-order chi connectivity index (χ0) is 5.99. The number of hydrogen-bond donors (Lipinski definition) is 1. The zero-order valence-electron chi connectivity index (χ0n) is 4.32. The van der Waals surface area contributed by atoms with Gasteiger partial charge in [-0.15, -0.1) is 0 Å². The lowest BCUT2D eigenvalue weighted by Gasteiger charge is -1.87. The highest BCUT2D eigenvalue weighted by molar-refractivity contribution is 5.27. The SMILES string of the molecule is NC1C[C@@]12CC2(F)F. The summed E-state index contributed by atoms with van der Waals surface area (Å²) in [5, 5.41) is 0. The molecule has 1 unspecified atom stereocenters. The second kappa shape index (κ2) is 0.817. The van der Waals surface area contributed by atoms with Crippen molar-refractivity contribution in [3.63, 3.8) is 0 Å². The lowest BCUT2D eigenvalue weighted by Crippen LogP contribution is -2.06. The molecule has 0 amide bonds. The van der Waals surface area contributed by atoms with Crippen molar-refractivity contribution in [3.05, 3.63) is 0 Å². The molecule has 1 nitrogen and oxygen atoms in total. The molecule has 2 aliphatic rings. The molecule has 1 spiro atoms. The van der Waals surface area contributed by atoms with Gasteiger partial charge in [0, 0.05) is 12.5 Å². The fraction of sp³-hybridized carbons (Fsp3) is 1.00. The van der Waals surface area contributed by atoms with Crippen molar-refractivity contribution in [1.82, 2.24) is 0 Å². The van der Waals surface area contributed by atoms with E-state index in [4.69, 9.17) is 5.73 Å². The minimum absolute atomic E-state index is 0.0428. The van der Waals surface area contributed by atoms with Crippen LogP contribution in [0.1, 0.15) is 12.8 Å². The molecule has 0 saturated heterocycles. The Labute approximate surface area is 45.9 Å². The molecule has 8 heavy (non-hydrogen) atoms. The van der Waals surface area contributed by atoms with Crippen molar-refractivity contribution in [2.45, 2.75) is 24.8 Å². The first-order chi connectivity index (χ1) is 3.58. The van der Waals surface area contributed by atoms with E-state index >= 15 is 0 Å². The van der Waals surface area contributed by atoms with Gasteiger partial charge in [0.05, 0.1) is 5.41 Å². The van der Waals surface area contributed by atoms with Crippen LogP contribution >= 0.6 is 0 Å². The molecule has 2 atom stereocenters.